The minimum atomic E-state index is 0.226. The fourth-order valence-electron chi connectivity index (χ4n) is 4.60. The number of likely N-dealkylation sites (tertiary alicyclic amines) is 1. The van der Waals surface area contributed by atoms with Crippen molar-refractivity contribution in [3.63, 3.8) is 0 Å². The third-order valence-corrected chi connectivity index (χ3v) is 6.55. The molecule has 2 aliphatic heterocycles. The summed E-state index contributed by atoms with van der Waals surface area (Å²) < 4.78 is 7.51. The molecule has 0 aliphatic carbocycles. The number of fused-ring (bicyclic) bond motifs is 1. The molecule has 3 aromatic rings. The van der Waals surface area contributed by atoms with E-state index in [0.717, 1.165) is 69.1 Å². The largest absolute Gasteiger partial charge is 0.378 e. The van der Waals surface area contributed by atoms with Crippen LogP contribution in [0.2, 0.25) is 0 Å². The third-order valence-electron chi connectivity index (χ3n) is 6.55. The number of ether oxygens (including phenoxy) is 1. The molecule has 1 amide bonds. The molecule has 0 saturated carbocycles. The van der Waals surface area contributed by atoms with Gasteiger partial charge >= 0.3 is 0 Å². The number of benzene rings is 1. The number of rotatable bonds is 9. The zero-order valence-corrected chi connectivity index (χ0v) is 20.5. The highest BCUT2D eigenvalue weighted by molar-refractivity contribution is 5.85. The molecule has 0 unspecified atom stereocenters. The van der Waals surface area contributed by atoms with Gasteiger partial charge in [0.2, 0.25) is 11.9 Å². The van der Waals surface area contributed by atoms with Gasteiger partial charge in [-0.25, -0.2) is 4.98 Å². The van der Waals surface area contributed by atoms with E-state index in [2.05, 4.69) is 63.2 Å². The van der Waals surface area contributed by atoms with Gasteiger partial charge in [0.1, 0.15) is 0 Å². The van der Waals surface area contributed by atoms with Gasteiger partial charge in [-0.3, -0.25) is 4.79 Å². The molecule has 10 heteroatoms. The molecule has 2 fully saturated rings. The summed E-state index contributed by atoms with van der Waals surface area (Å²) in [5.74, 6) is 1.49. The van der Waals surface area contributed by atoms with Crippen molar-refractivity contribution in [1.82, 2.24) is 24.4 Å². The molecule has 1 aromatic carbocycles. The Bertz CT molecular complexity index is 1150. The summed E-state index contributed by atoms with van der Waals surface area (Å²) >= 11 is 0. The number of anilines is 4. The number of hydrogen-bond acceptors (Lipinski definition) is 8. The quantitative estimate of drug-likeness (QED) is 0.451. The van der Waals surface area contributed by atoms with Gasteiger partial charge in [0.15, 0.2) is 17.0 Å². The minimum Gasteiger partial charge on any atom is -0.378 e. The summed E-state index contributed by atoms with van der Waals surface area (Å²) in [5.41, 5.74) is 3.66. The SMILES string of the molecule is CC(C)n1cnc2c(NCCCN3CCCC3=O)nc(Nc3ccc(N4CCOCC4)cc3)nc21. The summed E-state index contributed by atoms with van der Waals surface area (Å²) in [6.07, 6.45) is 4.32. The molecule has 2 saturated heterocycles. The molecule has 186 valence electrons. The molecule has 0 bridgehead atoms. The fourth-order valence-corrected chi connectivity index (χ4v) is 4.60. The number of carbonyl (C=O) groups excluding carboxylic acids is 1. The normalized spacial score (nSPS) is 16.5. The van der Waals surface area contributed by atoms with Crippen molar-refractivity contribution in [2.24, 2.45) is 0 Å². The van der Waals surface area contributed by atoms with Gasteiger partial charge in [-0.05, 0) is 51.0 Å². The second-order valence-corrected chi connectivity index (χ2v) is 9.35. The number of carbonyl (C=O) groups is 1. The van der Waals surface area contributed by atoms with E-state index in [0.29, 0.717) is 24.7 Å². The first kappa shape index (κ1) is 23.3. The van der Waals surface area contributed by atoms with Gasteiger partial charge in [0.05, 0.1) is 19.5 Å². The first-order valence-corrected chi connectivity index (χ1v) is 12.5. The maximum atomic E-state index is 11.9. The lowest BCUT2D eigenvalue weighted by atomic mass is 10.2. The van der Waals surface area contributed by atoms with E-state index >= 15 is 0 Å². The number of imidazole rings is 1. The molecule has 0 spiro atoms. The van der Waals surface area contributed by atoms with Crippen LogP contribution in [0.25, 0.3) is 11.2 Å². The average Bonchev–Trinajstić information content (AvgIpc) is 3.49. The van der Waals surface area contributed by atoms with Crippen molar-refractivity contribution in [2.45, 2.75) is 39.2 Å². The molecule has 2 aromatic heterocycles. The lowest BCUT2D eigenvalue weighted by Crippen LogP contribution is -2.36. The molecule has 35 heavy (non-hydrogen) atoms. The number of amides is 1. The summed E-state index contributed by atoms with van der Waals surface area (Å²) in [7, 11) is 0. The summed E-state index contributed by atoms with van der Waals surface area (Å²) in [6.45, 7) is 9.91. The Morgan fingerprint density at radius 3 is 2.60 bits per heavy atom. The molecule has 10 nitrogen and oxygen atoms in total. The number of aromatic nitrogens is 4. The Hall–Kier alpha value is -3.40. The Kier molecular flexibility index (Phi) is 6.98. The van der Waals surface area contributed by atoms with Crippen molar-refractivity contribution in [2.75, 3.05) is 61.5 Å². The van der Waals surface area contributed by atoms with Crippen molar-refractivity contribution >= 4 is 40.2 Å². The summed E-state index contributed by atoms with van der Waals surface area (Å²) in [5, 5.41) is 6.80. The minimum absolute atomic E-state index is 0.226. The summed E-state index contributed by atoms with van der Waals surface area (Å²) in [4.78, 5) is 30.3. The van der Waals surface area contributed by atoms with Crippen LogP contribution in [0, 0.1) is 0 Å². The van der Waals surface area contributed by atoms with Crippen molar-refractivity contribution < 1.29 is 9.53 Å². The molecule has 2 N–H and O–H groups in total. The Morgan fingerprint density at radius 1 is 1.09 bits per heavy atom. The predicted octanol–water partition coefficient (Wildman–Crippen LogP) is 3.41. The van der Waals surface area contributed by atoms with E-state index in [1.54, 1.807) is 0 Å². The third kappa shape index (κ3) is 5.32. The predicted molar refractivity (Wildman–Crippen MR) is 137 cm³/mol. The zero-order valence-electron chi connectivity index (χ0n) is 20.5. The van der Waals surface area contributed by atoms with Gasteiger partial charge in [-0.2, -0.15) is 9.97 Å². The van der Waals surface area contributed by atoms with Crippen LogP contribution in [0.3, 0.4) is 0 Å². The average molecular weight is 479 g/mol. The first-order chi connectivity index (χ1) is 17.1. The van der Waals surface area contributed by atoms with Crippen molar-refractivity contribution in [3.8, 4) is 0 Å². The van der Waals surface area contributed by atoms with Gasteiger partial charge in [0, 0.05) is 56.6 Å². The molecular weight excluding hydrogens is 444 g/mol. The number of hydrogen-bond donors (Lipinski definition) is 2. The fraction of sp³-hybridized carbons (Fsp3) is 0.520. The van der Waals surface area contributed by atoms with Crippen LogP contribution in [-0.4, -0.2) is 76.3 Å². The van der Waals surface area contributed by atoms with E-state index in [-0.39, 0.29) is 11.9 Å². The van der Waals surface area contributed by atoms with E-state index in [4.69, 9.17) is 14.7 Å². The van der Waals surface area contributed by atoms with Gasteiger partial charge in [0.25, 0.3) is 0 Å². The van der Waals surface area contributed by atoms with Crippen LogP contribution in [0.1, 0.15) is 39.2 Å². The lowest BCUT2D eigenvalue weighted by molar-refractivity contribution is -0.127. The molecule has 0 radical (unpaired) electrons. The number of nitrogens with zero attached hydrogens (tertiary/aromatic N) is 6. The van der Waals surface area contributed by atoms with E-state index in [1.165, 1.54) is 5.69 Å². The topological polar surface area (TPSA) is 100 Å². The smallest absolute Gasteiger partial charge is 0.231 e. The van der Waals surface area contributed by atoms with E-state index in [9.17, 15) is 4.79 Å². The number of morpholine rings is 1. The van der Waals surface area contributed by atoms with Crippen LogP contribution in [0.4, 0.5) is 23.1 Å². The highest BCUT2D eigenvalue weighted by atomic mass is 16.5. The molecule has 2 aliphatic rings. The Labute approximate surface area is 205 Å². The van der Waals surface area contributed by atoms with Crippen LogP contribution in [-0.2, 0) is 9.53 Å². The highest BCUT2D eigenvalue weighted by Gasteiger charge is 2.20. The zero-order chi connectivity index (χ0) is 24.2. The van der Waals surface area contributed by atoms with E-state index < -0.39 is 0 Å². The first-order valence-electron chi connectivity index (χ1n) is 12.5. The van der Waals surface area contributed by atoms with Gasteiger partial charge in [-0.1, -0.05) is 0 Å². The number of nitrogens with one attached hydrogen (secondary N) is 2. The molecule has 0 atom stereocenters. The second-order valence-electron chi connectivity index (χ2n) is 9.35. The van der Waals surface area contributed by atoms with Crippen molar-refractivity contribution in [3.05, 3.63) is 30.6 Å². The maximum Gasteiger partial charge on any atom is 0.231 e. The Morgan fingerprint density at radius 2 is 1.89 bits per heavy atom. The molecule has 4 heterocycles. The summed E-state index contributed by atoms with van der Waals surface area (Å²) in [6, 6.07) is 8.56. The van der Waals surface area contributed by atoms with Crippen molar-refractivity contribution in [1.29, 1.82) is 0 Å². The van der Waals surface area contributed by atoms with Crippen LogP contribution >= 0.6 is 0 Å². The highest BCUT2D eigenvalue weighted by Crippen LogP contribution is 2.26. The standard InChI is InChI=1S/C25H34N8O2/c1-18(2)33-17-27-22-23(26-10-4-12-32-11-3-5-21(32)34)29-25(30-24(22)33)28-19-6-8-20(9-7-19)31-13-15-35-16-14-31/h6-9,17-18H,3-5,10-16H2,1-2H3,(H2,26,28,29,30). The monoisotopic (exact) mass is 478 g/mol. The van der Waals surface area contributed by atoms with Crippen LogP contribution in [0.5, 0.6) is 0 Å². The lowest BCUT2D eigenvalue weighted by Gasteiger charge is -2.28. The van der Waals surface area contributed by atoms with Crippen LogP contribution in [0.15, 0.2) is 30.6 Å². The van der Waals surface area contributed by atoms with E-state index in [1.807, 2.05) is 11.2 Å². The van der Waals surface area contributed by atoms with Crippen LogP contribution < -0.4 is 15.5 Å². The molecule has 5 rings (SSSR count). The molecular formula is C25H34N8O2. The van der Waals surface area contributed by atoms with Gasteiger partial charge in [-0.15, -0.1) is 0 Å². The second kappa shape index (κ2) is 10.5. The van der Waals surface area contributed by atoms with Gasteiger partial charge < -0.3 is 29.7 Å². The Balaban J connectivity index is 1.31. The maximum absolute atomic E-state index is 11.9.